The molecule has 0 spiro atoms. The smallest absolute Gasteiger partial charge is 0.0905 e. The van der Waals surface area contributed by atoms with Crippen molar-refractivity contribution in [1.82, 2.24) is 0 Å². The van der Waals surface area contributed by atoms with Crippen molar-refractivity contribution in [3.63, 3.8) is 0 Å². The molecule has 0 radical (unpaired) electrons. The third kappa shape index (κ3) is 3.58. The maximum absolute atomic E-state index is 10.3. The maximum atomic E-state index is 10.3. The first-order valence-corrected chi connectivity index (χ1v) is 5.92. The minimum Gasteiger partial charge on any atom is -0.390 e. The molecule has 0 aromatic carbocycles. The van der Waals surface area contributed by atoms with E-state index in [2.05, 4.69) is 6.92 Å². The Morgan fingerprint density at radius 1 is 1.21 bits per heavy atom. The van der Waals surface area contributed by atoms with E-state index in [4.69, 9.17) is 0 Å². The van der Waals surface area contributed by atoms with E-state index in [1.165, 1.54) is 0 Å². The Bertz CT molecular complexity index is 147. The molecule has 0 aromatic heterocycles. The SMILES string of the molecule is CCCCC(O)(CC)C(O)C(C)CC. The van der Waals surface area contributed by atoms with Crippen LogP contribution >= 0.6 is 0 Å². The van der Waals surface area contributed by atoms with Gasteiger partial charge in [0, 0.05) is 0 Å². The summed E-state index contributed by atoms with van der Waals surface area (Å²) in [5.74, 6) is 0.178. The first kappa shape index (κ1) is 13.9. The minimum atomic E-state index is -0.870. The molecule has 3 unspecified atom stereocenters. The molecule has 0 saturated carbocycles. The molecule has 0 aliphatic carbocycles. The van der Waals surface area contributed by atoms with Crippen LogP contribution in [0.1, 0.15) is 59.8 Å². The van der Waals surface area contributed by atoms with Gasteiger partial charge in [-0.3, -0.25) is 0 Å². The number of rotatable bonds is 7. The van der Waals surface area contributed by atoms with E-state index in [1.54, 1.807) is 0 Å². The molecule has 0 amide bonds. The molecule has 2 N–H and O–H groups in total. The molecule has 2 nitrogen and oxygen atoms in total. The lowest BCUT2D eigenvalue weighted by Crippen LogP contribution is -2.45. The Balaban J connectivity index is 4.33. The van der Waals surface area contributed by atoms with E-state index in [0.717, 1.165) is 19.3 Å². The van der Waals surface area contributed by atoms with Crippen molar-refractivity contribution in [3.05, 3.63) is 0 Å². The second-order valence-electron chi connectivity index (χ2n) is 4.39. The summed E-state index contributed by atoms with van der Waals surface area (Å²) in [6, 6.07) is 0. The molecule has 0 heterocycles. The monoisotopic (exact) mass is 202 g/mol. The van der Waals surface area contributed by atoms with Gasteiger partial charge in [-0.1, -0.05) is 47.0 Å². The van der Waals surface area contributed by atoms with Gasteiger partial charge < -0.3 is 10.2 Å². The minimum absolute atomic E-state index is 0.178. The fourth-order valence-electron chi connectivity index (χ4n) is 1.77. The van der Waals surface area contributed by atoms with E-state index in [9.17, 15) is 10.2 Å². The van der Waals surface area contributed by atoms with Crippen LogP contribution in [-0.4, -0.2) is 21.9 Å². The van der Waals surface area contributed by atoms with Crippen LogP contribution in [0.25, 0.3) is 0 Å². The maximum Gasteiger partial charge on any atom is 0.0905 e. The van der Waals surface area contributed by atoms with Gasteiger partial charge in [0.15, 0.2) is 0 Å². The Morgan fingerprint density at radius 3 is 2.14 bits per heavy atom. The molecule has 0 bridgehead atoms. The van der Waals surface area contributed by atoms with Crippen LogP contribution in [0.2, 0.25) is 0 Å². The quantitative estimate of drug-likeness (QED) is 0.666. The van der Waals surface area contributed by atoms with Gasteiger partial charge in [0.2, 0.25) is 0 Å². The lowest BCUT2D eigenvalue weighted by atomic mass is 9.81. The number of aliphatic hydroxyl groups is 2. The highest BCUT2D eigenvalue weighted by Crippen LogP contribution is 2.28. The molecule has 0 aromatic rings. The van der Waals surface area contributed by atoms with Crippen molar-refractivity contribution in [2.75, 3.05) is 0 Å². The molecule has 0 aliphatic rings. The second-order valence-corrected chi connectivity index (χ2v) is 4.39. The Hall–Kier alpha value is -0.0800. The number of hydrogen-bond donors (Lipinski definition) is 2. The molecule has 0 rings (SSSR count). The first-order chi connectivity index (χ1) is 6.51. The summed E-state index contributed by atoms with van der Waals surface area (Å²) in [7, 11) is 0. The molecular weight excluding hydrogens is 176 g/mol. The van der Waals surface area contributed by atoms with Gasteiger partial charge in [-0.05, 0) is 18.8 Å². The van der Waals surface area contributed by atoms with Crippen LogP contribution in [0.3, 0.4) is 0 Å². The fraction of sp³-hybridized carbons (Fsp3) is 1.00. The second kappa shape index (κ2) is 6.41. The Kier molecular flexibility index (Phi) is 6.38. The van der Waals surface area contributed by atoms with Gasteiger partial charge in [-0.15, -0.1) is 0 Å². The van der Waals surface area contributed by atoms with E-state index in [-0.39, 0.29) is 5.92 Å². The third-order valence-corrected chi connectivity index (χ3v) is 3.31. The van der Waals surface area contributed by atoms with E-state index in [0.29, 0.717) is 12.8 Å². The van der Waals surface area contributed by atoms with E-state index < -0.39 is 11.7 Å². The molecular formula is C12H26O2. The summed E-state index contributed by atoms with van der Waals surface area (Å²) in [5, 5.41) is 20.3. The van der Waals surface area contributed by atoms with Crippen molar-refractivity contribution in [3.8, 4) is 0 Å². The number of aliphatic hydroxyl groups excluding tert-OH is 1. The number of hydrogen-bond acceptors (Lipinski definition) is 2. The zero-order chi connectivity index (χ0) is 11.2. The highest BCUT2D eigenvalue weighted by Gasteiger charge is 2.35. The van der Waals surface area contributed by atoms with Crippen LogP contribution in [0.4, 0.5) is 0 Å². The summed E-state index contributed by atoms with van der Waals surface area (Å²) in [4.78, 5) is 0. The van der Waals surface area contributed by atoms with Crippen molar-refractivity contribution >= 4 is 0 Å². The fourth-order valence-corrected chi connectivity index (χ4v) is 1.77. The van der Waals surface area contributed by atoms with Crippen molar-refractivity contribution in [1.29, 1.82) is 0 Å². The molecule has 0 saturated heterocycles. The molecule has 86 valence electrons. The number of unbranched alkanes of at least 4 members (excludes halogenated alkanes) is 1. The lowest BCUT2D eigenvalue weighted by Gasteiger charge is -2.35. The summed E-state index contributed by atoms with van der Waals surface area (Å²) in [6.45, 7) is 8.09. The van der Waals surface area contributed by atoms with Crippen LogP contribution in [0.15, 0.2) is 0 Å². The molecule has 0 aliphatic heterocycles. The van der Waals surface area contributed by atoms with Crippen molar-refractivity contribution < 1.29 is 10.2 Å². The largest absolute Gasteiger partial charge is 0.390 e. The van der Waals surface area contributed by atoms with Gasteiger partial charge >= 0.3 is 0 Å². The van der Waals surface area contributed by atoms with Crippen LogP contribution < -0.4 is 0 Å². The summed E-state index contributed by atoms with van der Waals surface area (Å²) in [6.07, 6.45) is 3.73. The molecule has 0 fully saturated rings. The van der Waals surface area contributed by atoms with Crippen LogP contribution in [0.5, 0.6) is 0 Å². The van der Waals surface area contributed by atoms with Gasteiger partial charge in [-0.2, -0.15) is 0 Å². The normalized spacial score (nSPS) is 20.1. The molecule has 3 atom stereocenters. The standard InChI is InChI=1S/C12H26O2/c1-5-8-9-12(14,7-3)11(13)10(4)6-2/h10-11,13-14H,5-9H2,1-4H3. The molecule has 14 heavy (non-hydrogen) atoms. The zero-order valence-electron chi connectivity index (χ0n) is 10.1. The van der Waals surface area contributed by atoms with Gasteiger partial charge in [-0.25, -0.2) is 0 Å². The predicted octanol–water partition coefficient (Wildman–Crippen LogP) is 2.72. The Labute approximate surface area is 88.3 Å². The zero-order valence-corrected chi connectivity index (χ0v) is 10.1. The first-order valence-electron chi connectivity index (χ1n) is 5.92. The summed E-state index contributed by atoms with van der Waals surface area (Å²) in [5.41, 5.74) is -0.870. The third-order valence-electron chi connectivity index (χ3n) is 3.31. The van der Waals surface area contributed by atoms with Crippen molar-refractivity contribution in [2.24, 2.45) is 5.92 Å². The predicted molar refractivity (Wildman–Crippen MR) is 60.2 cm³/mol. The average molecular weight is 202 g/mol. The van der Waals surface area contributed by atoms with Crippen LogP contribution in [0, 0.1) is 5.92 Å². The van der Waals surface area contributed by atoms with E-state index in [1.807, 2.05) is 20.8 Å². The highest BCUT2D eigenvalue weighted by molar-refractivity contribution is 4.87. The highest BCUT2D eigenvalue weighted by atomic mass is 16.3. The lowest BCUT2D eigenvalue weighted by molar-refractivity contribution is -0.106. The van der Waals surface area contributed by atoms with Gasteiger partial charge in [0.25, 0.3) is 0 Å². The van der Waals surface area contributed by atoms with Gasteiger partial charge in [0.1, 0.15) is 0 Å². The summed E-state index contributed by atoms with van der Waals surface area (Å²) < 4.78 is 0. The summed E-state index contributed by atoms with van der Waals surface area (Å²) >= 11 is 0. The van der Waals surface area contributed by atoms with E-state index >= 15 is 0 Å². The van der Waals surface area contributed by atoms with Gasteiger partial charge in [0.05, 0.1) is 11.7 Å². The average Bonchev–Trinajstić information content (AvgIpc) is 2.23. The van der Waals surface area contributed by atoms with Crippen LogP contribution in [-0.2, 0) is 0 Å². The Morgan fingerprint density at radius 2 is 1.79 bits per heavy atom. The topological polar surface area (TPSA) is 40.5 Å². The van der Waals surface area contributed by atoms with Crippen molar-refractivity contribution in [2.45, 2.75) is 71.5 Å². The molecule has 2 heteroatoms.